The zero-order valence-corrected chi connectivity index (χ0v) is 11.9. The minimum atomic E-state index is -0.333. The van der Waals surface area contributed by atoms with E-state index in [4.69, 9.17) is 9.47 Å². The molecule has 106 valence electrons. The Kier molecular flexibility index (Phi) is 4.81. The first-order chi connectivity index (χ1) is 9.13. The topological polar surface area (TPSA) is 35.5 Å². The van der Waals surface area contributed by atoms with Crippen LogP contribution in [0, 0.1) is 17.8 Å². The Bertz CT molecular complexity index is 372. The lowest BCUT2D eigenvalue weighted by Gasteiger charge is -2.18. The van der Waals surface area contributed by atoms with Gasteiger partial charge in [-0.3, -0.25) is 0 Å². The number of hydrogen-bond donors (Lipinski definition) is 0. The maximum Gasteiger partial charge on any atom is 0.333 e. The maximum atomic E-state index is 11.2. The van der Waals surface area contributed by atoms with Crippen LogP contribution < -0.4 is 0 Å². The highest BCUT2D eigenvalue weighted by Gasteiger charge is 2.42. The smallest absolute Gasteiger partial charge is 0.333 e. The fraction of sp³-hybridized carbons (Fsp3) is 0.688. The number of allylic oxidation sites excluding steroid dienone is 1. The van der Waals surface area contributed by atoms with Crippen molar-refractivity contribution in [2.45, 2.75) is 39.2 Å². The third-order valence-corrected chi connectivity index (χ3v) is 4.35. The predicted molar refractivity (Wildman–Crippen MR) is 74.6 cm³/mol. The van der Waals surface area contributed by atoms with Gasteiger partial charge in [0.1, 0.15) is 6.61 Å². The molecular weight excluding hydrogens is 240 g/mol. The van der Waals surface area contributed by atoms with Gasteiger partial charge in [0.2, 0.25) is 0 Å². The highest BCUT2D eigenvalue weighted by Crippen LogP contribution is 2.46. The summed E-state index contributed by atoms with van der Waals surface area (Å²) in [5.74, 6) is 1.79. The predicted octanol–water partition coefficient (Wildman–Crippen LogP) is 3.11. The summed E-state index contributed by atoms with van der Waals surface area (Å²) >= 11 is 0. The summed E-state index contributed by atoms with van der Waals surface area (Å²) in [6.45, 7) is 8.27. The molecule has 1 fully saturated rings. The van der Waals surface area contributed by atoms with Crippen LogP contribution in [0.2, 0.25) is 0 Å². The van der Waals surface area contributed by atoms with Crippen LogP contribution in [-0.2, 0) is 14.3 Å². The van der Waals surface area contributed by atoms with Crippen molar-refractivity contribution >= 4 is 5.97 Å². The number of carbonyl (C=O) groups excluding carboxylic acids is 1. The molecule has 0 heterocycles. The summed E-state index contributed by atoms with van der Waals surface area (Å²) in [4.78, 5) is 11.2. The van der Waals surface area contributed by atoms with Crippen molar-refractivity contribution in [3.8, 4) is 0 Å². The van der Waals surface area contributed by atoms with Crippen LogP contribution in [0.1, 0.15) is 33.1 Å². The zero-order valence-electron chi connectivity index (χ0n) is 11.9. The fourth-order valence-corrected chi connectivity index (χ4v) is 3.33. The van der Waals surface area contributed by atoms with Crippen LogP contribution in [0.5, 0.6) is 0 Å². The highest BCUT2D eigenvalue weighted by molar-refractivity contribution is 5.86. The largest absolute Gasteiger partial charge is 0.460 e. The van der Waals surface area contributed by atoms with Crippen LogP contribution in [0.15, 0.2) is 24.3 Å². The summed E-state index contributed by atoms with van der Waals surface area (Å²) in [5, 5.41) is 0. The van der Waals surface area contributed by atoms with Crippen molar-refractivity contribution in [2.75, 3.05) is 13.2 Å². The second kappa shape index (κ2) is 6.38. The average molecular weight is 264 g/mol. The third kappa shape index (κ3) is 3.27. The Labute approximate surface area is 115 Å². The number of fused-ring (bicyclic) bond motifs is 1. The minimum absolute atomic E-state index is 0.303. The molecule has 0 amide bonds. The zero-order chi connectivity index (χ0) is 13.8. The fourth-order valence-electron chi connectivity index (χ4n) is 3.33. The average Bonchev–Trinajstić information content (AvgIpc) is 2.96. The molecule has 3 heteroatoms. The lowest BCUT2D eigenvalue weighted by molar-refractivity contribution is -0.141. The molecular formula is C16H24O3. The normalized spacial score (nSPS) is 32.3. The first-order valence-electron chi connectivity index (χ1n) is 7.24. The third-order valence-electron chi connectivity index (χ3n) is 4.35. The molecule has 0 aliphatic heterocycles. The molecule has 0 saturated heterocycles. The molecule has 0 radical (unpaired) electrons. The van der Waals surface area contributed by atoms with Gasteiger partial charge in [0, 0.05) is 11.5 Å². The molecule has 2 aliphatic carbocycles. The number of carbonyl (C=O) groups is 1. The van der Waals surface area contributed by atoms with Crippen LogP contribution in [0.3, 0.4) is 0 Å². The summed E-state index contributed by atoms with van der Waals surface area (Å²) in [6.07, 6.45) is 8.47. The molecule has 2 aliphatic rings. The summed E-state index contributed by atoms with van der Waals surface area (Å²) in [7, 11) is 0. The summed E-state index contributed by atoms with van der Waals surface area (Å²) in [6, 6.07) is 0. The summed E-state index contributed by atoms with van der Waals surface area (Å²) in [5.41, 5.74) is 0.436. The van der Waals surface area contributed by atoms with Crippen LogP contribution in [-0.4, -0.2) is 25.3 Å². The Morgan fingerprint density at radius 1 is 1.42 bits per heavy atom. The minimum Gasteiger partial charge on any atom is -0.460 e. The quantitative estimate of drug-likeness (QED) is 0.320. The van der Waals surface area contributed by atoms with E-state index >= 15 is 0 Å². The molecule has 1 saturated carbocycles. The van der Waals surface area contributed by atoms with Crippen molar-refractivity contribution in [3.63, 3.8) is 0 Å². The number of rotatable bonds is 6. The maximum absolute atomic E-state index is 11.2. The van der Waals surface area contributed by atoms with Crippen LogP contribution >= 0.6 is 0 Å². The molecule has 4 atom stereocenters. The molecule has 0 aromatic rings. The molecule has 4 unspecified atom stereocenters. The van der Waals surface area contributed by atoms with E-state index in [0.717, 1.165) is 18.3 Å². The first-order valence-corrected chi connectivity index (χ1v) is 7.24. The van der Waals surface area contributed by atoms with Gasteiger partial charge in [-0.25, -0.2) is 4.79 Å². The standard InChI is InChI=1S/C16H24O3/c1-4-12-10-15(14-7-5-6-13(12)14)18-8-9-19-16(17)11(2)3/h5,7,12-15H,2,4,6,8-10H2,1,3H3. The highest BCUT2D eigenvalue weighted by atomic mass is 16.6. The van der Waals surface area contributed by atoms with Crippen molar-refractivity contribution in [1.82, 2.24) is 0 Å². The molecule has 0 aromatic carbocycles. The molecule has 0 bridgehead atoms. The van der Waals surface area contributed by atoms with Gasteiger partial charge >= 0.3 is 5.97 Å². The first kappa shape index (κ1) is 14.3. The number of esters is 1. The van der Waals surface area contributed by atoms with Gasteiger partial charge in [0.25, 0.3) is 0 Å². The van der Waals surface area contributed by atoms with Gasteiger partial charge in [0.05, 0.1) is 12.7 Å². The van der Waals surface area contributed by atoms with E-state index in [1.165, 1.54) is 12.8 Å². The molecule has 0 spiro atoms. The Hall–Kier alpha value is -1.09. The van der Waals surface area contributed by atoms with Gasteiger partial charge in [-0.1, -0.05) is 32.1 Å². The van der Waals surface area contributed by atoms with E-state index in [2.05, 4.69) is 25.7 Å². The molecule has 0 N–H and O–H groups in total. The molecule has 3 nitrogen and oxygen atoms in total. The number of ether oxygens (including phenoxy) is 2. The molecule has 19 heavy (non-hydrogen) atoms. The van der Waals surface area contributed by atoms with E-state index in [1.54, 1.807) is 6.92 Å². The van der Waals surface area contributed by atoms with Crippen LogP contribution in [0.4, 0.5) is 0 Å². The van der Waals surface area contributed by atoms with E-state index in [-0.39, 0.29) is 5.97 Å². The monoisotopic (exact) mass is 264 g/mol. The van der Waals surface area contributed by atoms with Crippen molar-refractivity contribution in [1.29, 1.82) is 0 Å². The lowest BCUT2D eigenvalue weighted by atomic mass is 9.89. The second-order valence-corrected chi connectivity index (χ2v) is 5.63. The Balaban J connectivity index is 1.73. The van der Waals surface area contributed by atoms with E-state index < -0.39 is 0 Å². The van der Waals surface area contributed by atoms with Gasteiger partial charge in [-0.05, 0) is 31.6 Å². The number of hydrogen-bond acceptors (Lipinski definition) is 3. The van der Waals surface area contributed by atoms with Crippen molar-refractivity contribution in [2.24, 2.45) is 17.8 Å². The van der Waals surface area contributed by atoms with E-state index in [0.29, 0.717) is 30.8 Å². The molecule has 2 rings (SSSR count). The van der Waals surface area contributed by atoms with E-state index in [1.807, 2.05) is 0 Å². The van der Waals surface area contributed by atoms with Gasteiger partial charge < -0.3 is 9.47 Å². The van der Waals surface area contributed by atoms with Gasteiger partial charge in [0.15, 0.2) is 0 Å². The van der Waals surface area contributed by atoms with Crippen molar-refractivity contribution < 1.29 is 14.3 Å². The SMILES string of the molecule is C=C(C)C(=O)OCCOC1CC(CC)C2CC=CC12. The Morgan fingerprint density at radius 3 is 2.89 bits per heavy atom. The van der Waals surface area contributed by atoms with Gasteiger partial charge in [-0.15, -0.1) is 0 Å². The van der Waals surface area contributed by atoms with Gasteiger partial charge in [-0.2, -0.15) is 0 Å². The molecule has 0 aromatic heterocycles. The van der Waals surface area contributed by atoms with Crippen LogP contribution in [0.25, 0.3) is 0 Å². The van der Waals surface area contributed by atoms with E-state index in [9.17, 15) is 4.79 Å². The second-order valence-electron chi connectivity index (χ2n) is 5.63. The summed E-state index contributed by atoms with van der Waals surface area (Å²) < 4.78 is 11.0. The lowest BCUT2D eigenvalue weighted by Crippen LogP contribution is -2.21. The van der Waals surface area contributed by atoms with Crippen molar-refractivity contribution in [3.05, 3.63) is 24.3 Å². The Morgan fingerprint density at radius 2 is 2.21 bits per heavy atom.